The van der Waals surface area contributed by atoms with E-state index in [1.54, 1.807) is 0 Å². The molecule has 3 atom stereocenters. The summed E-state index contributed by atoms with van der Waals surface area (Å²) in [4.78, 5) is 0. The Balaban J connectivity index is 2.06. The average molecular weight is 269 g/mol. The van der Waals surface area contributed by atoms with Crippen molar-refractivity contribution in [1.29, 1.82) is 0 Å². The topological polar surface area (TPSA) is 18.5 Å². The minimum absolute atomic E-state index is 0.0249. The molecule has 100 valence electrons. The van der Waals surface area contributed by atoms with Gasteiger partial charge in [-0.05, 0) is 24.5 Å². The van der Waals surface area contributed by atoms with Gasteiger partial charge in [0.2, 0.25) is 0 Å². The van der Waals surface area contributed by atoms with Crippen molar-refractivity contribution in [2.75, 3.05) is 6.61 Å². The highest BCUT2D eigenvalue weighted by Crippen LogP contribution is 2.35. The molecule has 0 bridgehead atoms. The molecule has 0 amide bonds. The van der Waals surface area contributed by atoms with Crippen LogP contribution < -0.4 is 4.74 Å². The van der Waals surface area contributed by atoms with Crippen molar-refractivity contribution in [3.63, 3.8) is 0 Å². The van der Waals surface area contributed by atoms with E-state index < -0.39 is 0 Å². The van der Waals surface area contributed by atoms with Gasteiger partial charge in [0.25, 0.3) is 0 Å². The number of hydrogen-bond acceptors (Lipinski definition) is 2. The predicted molar refractivity (Wildman–Crippen MR) is 74.6 cm³/mol. The highest BCUT2D eigenvalue weighted by molar-refractivity contribution is 6.21. The molecule has 0 aromatic heterocycles. The SMILES string of the molecule is CCOC1C(Cl)CC1Oc1ccccc1C(C)C. The maximum atomic E-state index is 6.15. The molecule has 2 nitrogen and oxygen atoms in total. The van der Waals surface area contributed by atoms with Crippen molar-refractivity contribution >= 4 is 11.6 Å². The minimum atomic E-state index is 0.0249. The third kappa shape index (κ3) is 2.81. The summed E-state index contributed by atoms with van der Waals surface area (Å²) in [6, 6.07) is 8.20. The Hall–Kier alpha value is -0.730. The highest BCUT2D eigenvalue weighted by Gasteiger charge is 2.42. The molecular formula is C15H21ClO2. The second-order valence-corrected chi connectivity index (χ2v) is 5.58. The summed E-state index contributed by atoms with van der Waals surface area (Å²) in [5.74, 6) is 1.42. The lowest BCUT2D eigenvalue weighted by atomic mass is 9.90. The molecule has 1 saturated carbocycles. The molecular weight excluding hydrogens is 248 g/mol. The van der Waals surface area contributed by atoms with Crippen LogP contribution in [0.5, 0.6) is 5.75 Å². The van der Waals surface area contributed by atoms with Crippen molar-refractivity contribution in [3.05, 3.63) is 29.8 Å². The van der Waals surface area contributed by atoms with E-state index in [1.807, 2.05) is 25.1 Å². The molecule has 1 aliphatic rings. The number of alkyl halides is 1. The van der Waals surface area contributed by atoms with Gasteiger partial charge in [-0.2, -0.15) is 0 Å². The summed E-state index contributed by atoms with van der Waals surface area (Å²) in [6.07, 6.45) is 0.975. The van der Waals surface area contributed by atoms with Crippen LogP contribution in [0, 0.1) is 0 Å². The van der Waals surface area contributed by atoms with E-state index >= 15 is 0 Å². The first-order valence-corrected chi connectivity index (χ1v) is 7.08. The minimum Gasteiger partial charge on any atom is -0.487 e. The first-order chi connectivity index (χ1) is 8.63. The normalized spacial score (nSPS) is 27.1. The smallest absolute Gasteiger partial charge is 0.128 e. The van der Waals surface area contributed by atoms with Crippen LogP contribution in [0.1, 0.15) is 38.7 Å². The Morgan fingerprint density at radius 3 is 2.67 bits per heavy atom. The quantitative estimate of drug-likeness (QED) is 0.752. The lowest BCUT2D eigenvalue weighted by molar-refractivity contribution is -0.0763. The van der Waals surface area contributed by atoms with Gasteiger partial charge >= 0.3 is 0 Å². The first-order valence-electron chi connectivity index (χ1n) is 6.64. The van der Waals surface area contributed by atoms with Gasteiger partial charge in [0.1, 0.15) is 18.0 Å². The zero-order valence-corrected chi connectivity index (χ0v) is 12.0. The molecule has 3 heteroatoms. The Kier molecular flexibility index (Phi) is 4.52. The second-order valence-electron chi connectivity index (χ2n) is 5.02. The largest absolute Gasteiger partial charge is 0.487 e. The van der Waals surface area contributed by atoms with Crippen LogP contribution in [0.4, 0.5) is 0 Å². The van der Waals surface area contributed by atoms with E-state index in [9.17, 15) is 0 Å². The highest BCUT2D eigenvalue weighted by atomic mass is 35.5. The molecule has 2 rings (SSSR count). The summed E-state index contributed by atoms with van der Waals surface area (Å²) in [5, 5.41) is 0.0844. The van der Waals surface area contributed by atoms with Gasteiger partial charge < -0.3 is 9.47 Å². The fourth-order valence-electron chi connectivity index (χ4n) is 2.27. The molecule has 1 fully saturated rings. The average Bonchev–Trinajstić information content (AvgIpc) is 2.36. The number of para-hydroxylation sites is 1. The van der Waals surface area contributed by atoms with Crippen molar-refractivity contribution in [2.24, 2.45) is 0 Å². The molecule has 1 aromatic rings. The maximum Gasteiger partial charge on any atom is 0.128 e. The van der Waals surface area contributed by atoms with Crippen LogP contribution in [-0.4, -0.2) is 24.2 Å². The van der Waals surface area contributed by atoms with E-state index in [0.717, 1.165) is 12.2 Å². The van der Waals surface area contributed by atoms with Crippen molar-refractivity contribution in [3.8, 4) is 5.75 Å². The molecule has 0 aliphatic heterocycles. The Bertz CT molecular complexity index is 392. The fraction of sp³-hybridized carbons (Fsp3) is 0.600. The van der Waals surface area contributed by atoms with Crippen LogP contribution in [0.15, 0.2) is 24.3 Å². The number of rotatable bonds is 5. The Morgan fingerprint density at radius 1 is 1.33 bits per heavy atom. The molecule has 0 heterocycles. The molecule has 0 spiro atoms. The van der Waals surface area contributed by atoms with Gasteiger partial charge in [-0.1, -0.05) is 32.0 Å². The van der Waals surface area contributed by atoms with E-state index in [1.165, 1.54) is 5.56 Å². The molecule has 0 saturated heterocycles. The Labute approximate surface area is 114 Å². The maximum absolute atomic E-state index is 6.15. The lowest BCUT2D eigenvalue weighted by Crippen LogP contribution is -2.52. The molecule has 0 N–H and O–H groups in total. The van der Waals surface area contributed by atoms with Crippen LogP contribution >= 0.6 is 11.6 Å². The van der Waals surface area contributed by atoms with Gasteiger partial charge in [0.05, 0.1) is 5.38 Å². The molecule has 0 radical (unpaired) electrons. The van der Waals surface area contributed by atoms with E-state index in [0.29, 0.717) is 12.5 Å². The van der Waals surface area contributed by atoms with E-state index in [2.05, 4.69) is 19.9 Å². The Morgan fingerprint density at radius 2 is 2.06 bits per heavy atom. The lowest BCUT2D eigenvalue weighted by Gasteiger charge is -2.40. The fourth-order valence-corrected chi connectivity index (χ4v) is 2.69. The summed E-state index contributed by atoms with van der Waals surface area (Å²) in [6.45, 7) is 7.02. The van der Waals surface area contributed by atoms with Crippen LogP contribution in [0.2, 0.25) is 0 Å². The molecule has 18 heavy (non-hydrogen) atoms. The number of halogens is 1. The third-order valence-electron chi connectivity index (χ3n) is 3.36. The summed E-state index contributed by atoms with van der Waals surface area (Å²) in [7, 11) is 0. The number of ether oxygens (including phenoxy) is 2. The van der Waals surface area contributed by atoms with Crippen molar-refractivity contribution < 1.29 is 9.47 Å². The third-order valence-corrected chi connectivity index (χ3v) is 3.79. The zero-order valence-electron chi connectivity index (χ0n) is 11.2. The van der Waals surface area contributed by atoms with Gasteiger partial charge in [0, 0.05) is 13.0 Å². The summed E-state index contributed by atoms with van der Waals surface area (Å²) < 4.78 is 11.7. The standard InChI is InChI=1S/C15H21ClO2/c1-4-17-15-12(16)9-14(15)18-13-8-6-5-7-11(13)10(2)3/h5-8,10,12,14-15H,4,9H2,1-3H3. The van der Waals surface area contributed by atoms with Crippen molar-refractivity contribution in [1.82, 2.24) is 0 Å². The zero-order chi connectivity index (χ0) is 13.1. The molecule has 3 unspecified atom stereocenters. The number of hydrogen-bond donors (Lipinski definition) is 0. The molecule has 1 aromatic carbocycles. The summed E-state index contributed by atoms with van der Waals surface area (Å²) >= 11 is 6.15. The first kappa shape index (κ1) is 13.7. The van der Waals surface area contributed by atoms with Gasteiger partial charge in [-0.3, -0.25) is 0 Å². The predicted octanol–water partition coefficient (Wildman–Crippen LogP) is 3.97. The van der Waals surface area contributed by atoms with Crippen LogP contribution in [0.25, 0.3) is 0 Å². The number of benzene rings is 1. The van der Waals surface area contributed by atoms with Gasteiger partial charge in [-0.15, -0.1) is 11.6 Å². The van der Waals surface area contributed by atoms with E-state index in [4.69, 9.17) is 21.1 Å². The monoisotopic (exact) mass is 268 g/mol. The molecule has 1 aliphatic carbocycles. The van der Waals surface area contributed by atoms with Crippen molar-refractivity contribution in [2.45, 2.75) is 50.7 Å². The van der Waals surface area contributed by atoms with E-state index in [-0.39, 0.29) is 17.6 Å². The van der Waals surface area contributed by atoms with Crippen LogP contribution in [0.3, 0.4) is 0 Å². The van der Waals surface area contributed by atoms with Crippen LogP contribution in [-0.2, 0) is 4.74 Å². The summed E-state index contributed by atoms with van der Waals surface area (Å²) in [5.41, 5.74) is 1.24. The second kappa shape index (κ2) is 5.94. The van der Waals surface area contributed by atoms with Gasteiger partial charge in [-0.25, -0.2) is 0 Å². The van der Waals surface area contributed by atoms with Gasteiger partial charge in [0.15, 0.2) is 0 Å².